The topological polar surface area (TPSA) is 73.0 Å². The average molecular weight is 323 g/mol. The van der Waals surface area contributed by atoms with Crippen LogP contribution in [0.5, 0.6) is 0 Å². The zero-order valence-corrected chi connectivity index (χ0v) is 13.5. The molecule has 1 aromatic carbocycles. The van der Waals surface area contributed by atoms with E-state index in [-0.39, 0.29) is 18.5 Å². The second-order valence-corrected chi connectivity index (χ2v) is 5.75. The minimum atomic E-state index is -0.238. The lowest BCUT2D eigenvalue weighted by Gasteiger charge is -2.14. The number of aromatic nitrogens is 2. The van der Waals surface area contributed by atoms with E-state index in [9.17, 15) is 5.11 Å². The molecule has 120 valence electrons. The number of aliphatic hydroxyl groups excluding tert-OH is 1. The number of aromatic amines is 1. The van der Waals surface area contributed by atoms with E-state index in [4.69, 9.17) is 0 Å². The highest BCUT2D eigenvalue weighted by molar-refractivity contribution is 5.85. The summed E-state index contributed by atoms with van der Waals surface area (Å²) in [5.74, 6) is 0.291. The molecule has 1 aromatic heterocycles. The summed E-state index contributed by atoms with van der Waals surface area (Å²) < 4.78 is 0. The Hall–Kier alpha value is -1.40. The highest BCUT2D eigenvalue weighted by Gasteiger charge is 2.24. The fraction of sp³-hybridized carbons (Fsp3) is 0.438. The van der Waals surface area contributed by atoms with Gasteiger partial charge < -0.3 is 15.7 Å². The fourth-order valence-electron chi connectivity index (χ4n) is 2.74. The molecule has 1 aliphatic rings. The molecule has 0 aliphatic carbocycles. The number of halogens is 1. The Balaban J connectivity index is 0.00000176. The lowest BCUT2D eigenvalue weighted by molar-refractivity contribution is 0.146. The summed E-state index contributed by atoms with van der Waals surface area (Å²) in [7, 11) is 0. The molecule has 22 heavy (non-hydrogen) atoms. The van der Waals surface area contributed by atoms with Crippen molar-refractivity contribution < 1.29 is 5.11 Å². The summed E-state index contributed by atoms with van der Waals surface area (Å²) in [6.45, 7) is 5.23. The van der Waals surface area contributed by atoms with Crippen LogP contribution in [-0.2, 0) is 6.54 Å². The molecular weight excluding hydrogens is 300 g/mol. The van der Waals surface area contributed by atoms with E-state index in [1.165, 1.54) is 5.56 Å². The number of rotatable bonds is 5. The molecular formula is C16H23ClN4O. The average Bonchev–Trinajstić information content (AvgIpc) is 3.10. The van der Waals surface area contributed by atoms with Crippen molar-refractivity contribution >= 4 is 12.4 Å². The van der Waals surface area contributed by atoms with Crippen LogP contribution in [0, 0.1) is 12.8 Å². The van der Waals surface area contributed by atoms with Crippen LogP contribution in [0.1, 0.15) is 11.1 Å². The monoisotopic (exact) mass is 322 g/mol. The van der Waals surface area contributed by atoms with Crippen LogP contribution >= 0.6 is 12.4 Å². The normalized spacial score (nSPS) is 20.8. The molecule has 1 saturated heterocycles. The molecule has 2 heterocycles. The molecule has 0 amide bonds. The van der Waals surface area contributed by atoms with Gasteiger partial charge >= 0.3 is 0 Å². The first-order valence-electron chi connectivity index (χ1n) is 7.43. The molecule has 0 saturated carbocycles. The second-order valence-electron chi connectivity index (χ2n) is 5.75. The van der Waals surface area contributed by atoms with E-state index in [1.54, 1.807) is 0 Å². The second kappa shape index (κ2) is 7.74. The summed E-state index contributed by atoms with van der Waals surface area (Å²) >= 11 is 0. The van der Waals surface area contributed by atoms with Gasteiger partial charge in [0.15, 0.2) is 0 Å². The molecule has 1 fully saturated rings. The van der Waals surface area contributed by atoms with Gasteiger partial charge in [-0.25, -0.2) is 0 Å². The Bertz CT molecular complexity index is 584. The SMILES string of the molecule is Cc1ccc(-c2[nH]ncc2CNCC2CNCC2O)cc1.Cl. The number of nitrogens with zero attached hydrogens (tertiary/aromatic N) is 1. The summed E-state index contributed by atoms with van der Waals surface area (Å²) in [4.78, 5) is 0. The number of aryl methyl sites for hydroxylation is 1. The molecule has 1 aliphatic heterocycles. The minimum Gasteiger partial charge on any atom is -0.391 e. The first-order chi connectivity index (χ1) is 10.2. The van der Waals surface area contributed by atoms with Gasteiger partial charge in [-0.2, -0.15) is 5.10 Å². The molecule has 5 nitrogen and oxygen atoms in total. The summed E-state index contributed by atoms with van der Waals surface area (Å²) in [5, 5.41) is 23.6. The molecule has 3 rings (SSSR count). The first kappa shape index (κ1) is 17.0. The van der Waals surface area contributed by atoms with Gasteiger partial charge in [-0.15, -0.1) is 12.4 Å². The third kappa shape index (κ3) is 3.87. The quantitative estimate of drug-likeness (QED) is 0.673. The molecule has 2 atom stereocenters. The Morgan fingerprint density at radius 2 is 2.05 bits per heavy atom. The Kier molecular flexibility index (Phi) is 5.97. The van der Waals surface area contributed by atoms with Crippen molar-refractivity contribution in [2.45, 2.75) is 19.6 Å². The number of H-pyrrole nitrogens is 1. The van der Waals surface area contributed by atoms with Gasteiger partial charge in [0.1, 0.15) is 0 Å². The molecule has 0 bridgehead atoms. The summed E-state index contributed by atoms with van der Waals surface area (Å²) in [6, 6.07) is 8.43. The van der Waals surface area contributed by atoms with Gasteiger partial charge in [0, 0.05) is 37.7 Å². The maximum Gasteiger partial charge on any atom is 0.0716 e. The number of nitrogens with one attached hydrogen (secondary N) is 3. The van der Waals surface area contributed by atoms with E-state index >= 15 is 0 Å². The van der Waals surface area contributed by atoms with Crippen molar-refractivity contribution in [2.24, 2.45) is 5.92 Å². The predicted octanol–water partition coefficient (Wildman–Crippen LogP) is 1.48. The lowest BCUT2D eigenvalue weighted by Crippen LogP contribution is -2.30. The smallest absolute Gasteiger partial charge is 0.0716 e. The van der Waals surface area contributed by atoms with Crippen molar-refractivity contribution in [1.82, 2.24) is 20.8 Å². The van der Waals surface area contributed by atoms with Crippen LogP contribution in [0.25, 0.3) is 11.3 Å². The maximum absolute atomic E-state index is 9.78. The molecule has 0 radical (unpaired) electrons. The van der Waals surface area contributed by atoms with Crippen molar-refractivity contribution in [3.05, 3.63) is 41.6 Å². The van der Waals surface area contributed by atoms with E-state index in [0.717, 1.165) is 36.5 Å². The zero-order valence-electron chi connectivity index (χ0n) is 12.7. The van der Waals surface area contributed by atoms with Crippen LogP contribution in [0.15, 0.2) is 30.5 Å². The fourth-order valence-corrected chi connectivity index (χ4v) is 2.74. The summed E-state index contributed by atoms with van der Waals surface area (Å²) in [5.41, 5.74) is 4.62. The predicted molar refractivity (Wildman–Crippen MR) is 90.1 cm³/mol. The van der Waals surface area contributed by atoms with Gasteiger partial charge in [-0.3, -0.25) is 5.10 Å². The zero-order chi connectivity index (χ0) is 14.7. The maximum atomic E-state index is 9.78. The van der Waals surface area contributed by atoms with Crippen molar-refractivity contribution in [3.63, 3.8) is 0 Å². The van der Waals surface area contributed by atoms with Gasteiger partial charge in [-0.05, 0) is 12.5 Å². The van der Waals surface area contributed by atoms with Crippen molar-refractivity contribution in [1.29, 1.82) is 0 Å². The van der Waals surface area contributed by atoms with Crippen molar-refractivity contribution in [3.8, 4) is 11.3 Å². The standard InChI is InChI=1S/C16H22N4O.ClH/c1-11-2-4-12(5-3-11)16-14(9-19-20-16)8-17-6-13-7-18-10-15(13)21;/h2-5,9,13,15,17-18,21H,6-8,10H2,1H3,(H,19,20);1H. The van der Waals surface area contributed by atoms with E-state index in [2.05, 4.69) is 52.0 Å². The number of hydrogen-bond acceptors (Lipinski definition) is 4. The van der Waals surface area contributed by atoms with E-state index < -0.39 is 0 Å². The molecule has 6 heteroatoms. The Morgan fingerprint density at radius 3 is 2.73 bits per heavy atom. The van der Waals surface area contributed by atoms with Crippen LogP contribution in [0.4, 0.5) is 0 Å². The molecule has 4 N–H and O–H groups in total. The highest BCUT2D eigenvalue weighted by atomic mass is 35.5. The van der Waals surface area contributed by atoms with Crippen LogP contribution in [0.2, 0.25) is 0 Å². The summed E-state index contributed by atoms with van der Waals surface area (Å²) in [6.07, 6.45) is 1.63. The largest absolute Gasteiger partial charge is 0.391 e. The lowest BCUT2D eigenvalue weighted by atomic mass is 10.1. The Morgan fingerprint density at radius 1 is 1.27 bits per heavy atom. The van der Waals surface area contributed by atoms with Gasteiger partial charge in [0.25, 0.3) is 0 Å². The number of benzene rings is 1. The van der Waals surface area contributed by atoms with Crippen LogP contribution in [-0.4, -0.2) is 41.0 Å². The van der Waals surface area contributed by atoms with Gasteiger partial charge in [-0.1, -0.05) is 29.8 Å². The van der Waals surface area contributed by atoms with E-state index in [0.29, 0.717) is 12.5 Å². The van der Waals surface area contributed by atoms with Crippen molar-refractivity contribution in [2.75, 3.05) is 19.6 Å². The highest BCUT2D eigenvalue weighted by Crippen LogP contribution is 2.21. The minimum absolute atomic E-state index is 0. The molecule has 0 spiro atoms. The van der Waals surface area contributed by atoms with Gasteiger partial charge in [0.2, 0.25) is 0 Å². The number of β-amino-alcohol motifs (C(OH)–C–C–N with tert-alkyl or cyclic N) is 1. The Labute approximate surface area is 136 Å². The number of hydrogen-bond donors (Lipinski definition) is 4. The third-order valence-corrected chi connectivity index (χ3v) is 4.08. The molecule has 2 aromatic rings. The van der Waals surface area contributed by atoms with E-state index in [1.807, 2.05) is 6.20 Å². The first-order valence-corrected chi connectivity index (χ1v) is 7.43. The van der Waals surface area contributed by atoms with Crippen LogP contribution in [0.3, 0.4) is 0 Å². The molecule has 2 unspecified atom stereocenters. The van der Waals surface area contributed by atoms with Crippen LogP contribution < -0.4 is 10.6 Å². The number of aliphatic hydroxyl groups is 1. The third-order valence-electron chi connectivity index (χ3n) is 4.08. The van der Waals surface area contributed by atoms with Gasteiger partial charge in [0.05, 0.1) is 18.0 Å².